The summed E-state index contributed by atoms with van der Waals surface area (Å²) in [7, 11) is 0. The van der Waals surface area contributed by atoms with Crippen molar-refractivity contribution in [3.63, 3.8) is 0 Å². The highest BCUT2D eigenvalue weighted by molar-refractivity contribution is 6.15. The number of cyclic esters (lactones) is 4. The van der Waals surface area contributed by atoms with Crippen LogP contribution in [0, 0.1) is 0 Å². The van der Waals surface area contributed by atoms with E-state index >= 15 is 13.2 Å². The molecule has 0 saturated heterocycles. The molecule has 5 rings (SSSR count). The molecule has 0 radical (unpaired) electrons. The number of esters is 4. The van der Waals surface area contributed by atoms with Gasteiger partial charge in [-0.15, -0.1) is 0 Å². The highest BCUT2D eigenvalue weighted by atomic mass is 19.3. The van der Waals surface area contributed by atoms with E-state index in [0.717, 1.165) is 48.5 Å². The van der Waals surface area contributed by atoms with E-state index in [0.29, 0.717) is 0 Å². The van der Waals surface area contributed by atoms with Gasteiger partial charge in [0.2, 0.25) is 5.67 Å². The number of alkyl halides is 3. The number of halogens is 3. The summed E-state index contributed by atoms with van der Waals surface area (Å²) in [6.45, 7) is 0. The summed E-state index contributed by atoms with van der Waals surface area (Å²) in [5.74, 6) is -8.34. The van der Waals surface area contributed by atoms with E-state index in [1.165, 1.54) is 18.2 Å². The maximum Gasteiger partial charge on any atom is 0.346 e. The molecule has 3 aromatic carbocycles. The first kappa shape index (κ1) is 20.6. The van der Waals surface area contributed by atoms with Crippen molar-refractivity contribution in [2.45, 2.75) is 11.6 Å². The van der Waals surface area contributed by atoms with Crippen LogP contribution in [0.15, 0.2) is 66.7 Å². The van der Waals surface area contributed by atoms with Gasteiger partial charge < -0.3 is 9.47 Å². The van der Waals surface area contributed by atoms with Crippen LogP contribution < -0.4 is 0 Å². The van der Waals surface area contributed by atoms with Crippen LogP contribution in [-0.4, -0.2) is 23.9 Å². The van der Waals surface area contributed by atoms with Gasteiger partial charge in [-0.3, -0.25) is 0 Å². The molecule has 6 nitrogen and oxygen atoms in total. The fourth-order valence-electron chi connectivity index (χ4n) is 3.97. The third-order valence-electron chi connectivity index (χ3n) is 5.65. The number of carbonyl (C=O) groups is 4. The zero-order valence-electron chi connectivity index (χ0n) is 16.4. The summed E-state index contributed by atoms with van der Waals surface area (Å²) in [5.41, 5.74) is -6.69. The van der Waals surface area contributed by atoms with Gasteiger partial charge in [-0.05, 0) is 24.3 Å². The van der Waals surface area contributed by atoms with E-state index in [1.807, 2.05) is 0 Å². The molecule has 3 aromatic rings. The Morgan fingerprint density at radius 3 is 1.39 bits per heavy atom. The lowest BCUT2D eigenvalue weighted by Gasteiger charge is -2.35. The van der Waals surface area contributed by atoms with Gasteiger partial charge in [0.15, 0.2) is 0 Å². The van der Waals surface area contributed by atoms with Crippen LogP contribution in [0.25, 0.3) is 0 Å². The molecule has 0 bridgehead atoms. The van der Waals surface area contributed by atoms with E-state index in [-0.39, 0.29) is 22.3 Å². The minimum atomic E-state index is -4.21. The van der Waals surface area contributed by atoms with E-state index in [2.05, 4.69) is 9.47 Å². The quantitative estimate of drug-likeness (QED) is 0.433. The lowest BCUT2D eigenvalue weighted by molar-refractivity contribution is -0.129. The van der Waals surface area contributed by atoms with Gasteiger partial charge in [-0.2, -0.15) is 8.78 Å². The number of benzene rings is 3. The van der Waals surface area contributed by atoms with Gasteiger partial charge in [0.1, 0.15) is 0 Å². The standard InChI is InChI=1S/C24H11F3O6/c25-23(24(26,27)12-4-2-1-3-5-12,13-6-8-15-17(10-13)21(30)32-19(15)28)14-7-9-16-18(11-14)22(31)33-20(16)29/h1-11H. The van der Waals surface area contributed by atoms with Crippen molar-refractivity contribution >= 4 is 23.9 Å². The second-order valence-corrected chi connectivity index (χ2v) is 7.47. The molecule has 33 heavy (non-hydrogen) atoms. The average molecular weight is 452 g/mol. The summed E-state index contributed by atoms with van der Waals surface area (Å²) >= 11 is 0. The predicted octanol–water partition coefficient (Wildman–Crippen LogP) is 4.31. The molecule has 0 aromatic heterocycles. The molecule has 0 unspecified atom stereocenters. The van der Waals surface area contributed by atoms with Gasteiger partial charge >= 0.3 is 29.8 Å². The van der Waals surface area contributed by atoms with Crippen molar-refractivity contribution in [1.29, 1.82) is 0 Å². The van der Waals surface area contributed by atoms with Crippen molar-refractivity contribution < 1.29 is 41.8 Å². The number of carbonyl (C=O) groups excluding carboxylic acids is 4. The molecule has 0 amide bonds. The molecule has 9 heteroatoms. The molecular weight excluding hydrogens is 441 g/mol. The van der Waals surface area contributed by atoms with E-state index in [4.69, 9.17) is 0 Å². The smallest absolute Gasteiger partial charge is 0.346 e. The van der Waals surface area contributed by atoms with Crippen molar-refractivity contribution in [2.75, 3.05) is 0 Å². The van der Waals surface area contributed by atoms with Crippen LogP contribution in [-0.2, 0) is 21.1 Å². The Morgan fingerprint density at radius 2 is 0.939 bits per heavy atom. The largest absolute Gasteiger partial charge is 0.386 e. The van der Waals surface area contributed by atoms with E-state index in [1.54, 1.807) is 0 Å². The topological polar surface area (TPSA) is 86.7 Å². The Balaban J connectivity index is 1.78. The SMILES string of the molecule is O=C1OC(=O)c2cc(C(F)(c3ccc4c(c3)C(=O)OC4=O)C(F)(F)c3ccccc3)ccc21. The van der Waals surface area contributed by atoms with Crippen LogP contribution >= 0.6 is 0 Å². The molecule has 164 valence electrons. The zero-order valence-corrected chi connectivity index (χ0v) is 16.4. The number of hydrogen-bond donors (Lipinski definition) is 0. The zero-order chi connectivity index (χ0) is 23.5. The van der Waals surface area contributed by atoms with Crippen molar-refractivity contribution in [1.82, 2.24) is 0 Å². The van der Waals surface area contributed by atoms with Gasteiger partial charge in [0.05, 0.1) is 22.3 Å². The Hall–Kier alpha value is -4.27. The van der Waals surface area contributed by atoms with Crippen molar-refractivity contribution in [3.05, 3.63) is 106 Å². The first-order valence-electron chi connectivity index (χ1n) is 9.59. The lowest BCUT2D eigenvalue weighted by atomic mass is 9.78. The maximum atomic E-state index is 16.9. The highest BCUT2D eigenvalue weighted by Gasteiger charge is 2.59. The third-order valence-corrected chi connectivity index (χ3v) is 5.65. The summed E-state index contributed by atoms with van der Waals surface area (Å²) in [6, 6.07) is 11.8. The predicted molar refractivity (Wildman–Crippen MR) is 105 cm³/mol. The number of ether oxygens (including phenoxy) is 2. The first-order valence-corrected chi connectivity index (χ1v) is 9.59. The molecule has 0 spiro atoms. The monoisotopic (exact) mass is 452 g/mol. The molecule has 2 aliphatic heterocycles. The molecule has 0 saturated carbocycles. The normalized spacial score (nSPS) is 15.2. The fraction of sp³-hybridized carbons (Fsp3) is 0.0833. The lowest BCUT2D eigenvalue weighted by Crippen LogP contribution is -2.41. The summed E-state index contributed by atoms with van der Waals surface area (Å²) in [4.78, 5) is 47.5. The van der Waals surface area contributed by atoms with E-state index < -0.39 is 52.2 Å². The van der Waals surface area contributed by atoms with Crippen LogP contribution in [0.4, 0.5) is 13.2 Å². The minimum Gasteiger partial charge on any atom is -0.386 e. The summed E-state index contributed by atoms with van der Waals surface area (Å²) in [5, 5.41) is 0. The van der Waals surface area contributed by atoms with Crippen LogP contribution in [0.5, 0.6) is 0 Å². The molecule has 2 heterocycles. The number of fused-ring (bicyclic) bond motifs is 2. The molecule has 0 atom stereocenters. The first-order chi connectivity index (χ1) is 15.6. The number of hydrogen-bond acceptors (Lipinski definition) is 6. The molecule has 0 fully saturated rings. The van der Waals surface area contributed by atoms with Crippen molar-refractivity contribution in [2.24, 2.45) is 0 Å². The Morgan fingerprint density at radius 1 is 0.515 bits per heavy atom. The van der Waals surface area contributed by atoms with Gasteiger partial charge in [-0.1, -0.05) is 42.5 Å². The summed E-state index contributed by atoms with van der Waals surface area (Å²) in [6.07, 6.45) is 0. The average Bonchev–Trinajstić information content (AvgIpc) is 3.27. The van der Waals surface area contributed by atoms with Gasteiger partial charge in [0.25, 0.3) is 0 Å². The highest BCUT2D eigenvalue weighted by Crippen LogP contribution is 2.53. The maximum absolute atomic E-state index is 16.9. The summed E-state index contributed by atoms with van der Waals surface area (Å²) < 4.78 is 57.6. The van der Waals surface area contributed by atoms with Crippen LogP contribution in [0.3, 0.4) is 0 Å². The molecule has 0 aliphatic carbocycles. The Kier molecular flexibility index (Phi) is 4.29. The molecule has 2 aliphatic rings. The fourth-order valence-corrected chi connectivity index (χ4v) is 3.97. The van der Waals surface area contributed by atoms with Gasteiger partial charge in [-0.25, -0.2) is 23.6 Å². The molecular formula is C24H11F3O6. The Bertz CT molecular complexity index is 1300. The van der Waals surface area contributed by atoms with Crippen LogP contribution in [0.2, 0.25) is 0 Å². The van der Waals surface area contributed by atoms with Gasteiger partial charge in [0, 0.05) is 16.7 Å². The van der Waals surface area contributed by atoms with Crippen LogP contribution in [0.1, 0.15) is 58.1 Å². The molecule has 0 N–H and O–H groups in total. The van der Waals surface area contributed by atoms with E-state index in [9.17, 15) is 19.2 Å². The Labute approximate surface area is 183 Å². The third kappa shape index (κ3) is 2.82. The minimum absolute atomic E-state index is 0.183. The number of rotatable bonds is 4. The second kappa shape index (κ2) is 6.86. The van der Waals surface area contributed by atoms with Crippen molar-refractivity contribution in [3.8, 4) is 0 Å². The second-order valence-electron chi connectivity index (χ2n) is 7.47.